The van der Waals surface area contributed by atoms with Crippen molar-refractivity contribution in [3.8, 4) is 0 Å². The molecule has 0 aromatic carbocycles. The number of fused-ring (bicyclic) bond motifs is 1. The lowest BCUT2D eigenvalue weighted by atomic mass is 10.1. The molecular weight excluding hydrogens is 420 g/mol. The van der Waals surface area contributed by atoms with Gasteiger partial charge in [-0.15, -0.1) is 0 Å². The highest BCUT2D eigenvalue weighted by Gasteiger charge is 2.45. The van der Waals surface area contributed by atoms with E-state index >= 15 is 0 Å². The van der Waals surface area contributed by atoms with Crippen LogP contribution in [-0.4, -0.2) is 69.0 Å². The lowest BCUT2D eigenvalue weighted by Crippen LogP contribution is -2.39. The van der Waals surface area contributed by atoms with Gasteiger partial charge in [-0.2, -0.15) is 8.42 Å². The third-order valence-electron chi connectivity index (χ3n) is 5.34. The van der Waals surface area contributed by atoms with Crippen molar-refractivity contribution in [1.29, 1.82) is 0 Å². The largest absolute Gasteiger partial charge is 0.387 e. The molecule has 1 aliphatic carbocycles. The van der Waals surface area contributed by atoms with Crippen molar-refractivity contribution in [2.75, 3.05) is 12.3 Å². The van der Waals surface area contributed by atoms with Crippen LogP contribution in [0.25, 0.3) is 11.2 Å². The lowest BCUT2D eigenvalue weighted by Gasteiger charge is -2.16. The second-order valence-electron chi connectivity index (χ2n) is 7.32. The van der Waals surface area contributed by atoms with E-state index in [4.69, 9.17) is 14.7 Å². The number of aliphatic hydroxyl groups is 2. The molecule has 2 aromatic heterocycles. The molecular formula is C16H22N6O7S. The number of ether oxygens (including phenoxy) is 1. The van der Waals surface area contributed by atoms with Crippen LogP contribution in [0.3, 0.4) is 0 Å². The fraction of sp³-hybridized carbons (Fsp3) is 0.625. The molecule has 1 saturated heterocycles. The monoisotopic (exact) mass is 442 g/mol. The number of imidazole rings is 1. The van der Waals surface area contributed by atoms with Gasteiger partial charge in [0.15, 0.2) is 17.7 Å². The Labute approximate surface area is 171 Å². The zero-order valence-electron chi connectivity index (χ0n) is 15.8. The summed E-state index contributed by atoms with van der Waals surface area (Å²) in [5, 5.41) is 20.7. The molecule has 2 aromatic rings. The van der Waals surface area contributed by atoms with Gasteiger partial charge in [-0.3, -0.25) is 13.5 Å². The molecule has 2 fully saturated rings. The minimum absolute atomic E-state index is 0.135. The van der Waals surface area contributed by atoms with Crippen LogP contribution < -0.4 is 10.5 Å². The van der Waals surface area contributed by atoms with Crippen molar-refractivity contribution in [2.45, 2.75) is 50.2 Å². The Bertz CT molecular complexity index is 1040. The predicted octanol–water partition coefficient (Wildman–Crippen LogP) is -1.40. The predicted molar refractivity (Wildman–Crippen MR) is 101 cm³/mol. The van der Waals surface area contributed by atoms with E-state index in [1.54, 1.807) is 0 Å². The van der Waals surface area contributed by atoms with Gasteiger partial charge < -0.3 is 20.7 Å². The third-order valence-corrected chi connectivity index (χ3v) is 6.24. The SMILES string of the molecule is Nc1ncnc2c1ncn2C1OC(COS(=O)(=O)NC(=O)C2CCCC2)[C@@H](O)[C@H]1O. The topological polar surface area (TPSA) is 192 Å². The number of hydrogen-bond acceptors (Lipinski definition) is 11. The Hall–Kier alpha value is -2.39. The summed E-state index contributed by atoms with van der Waals surface area (Å²) in [5.74, 6) is -0.830. The fourth-order valence-electron chi connectivity index (χ4n) is 3.73. The summed E-state index contributed by atoms with van der Waals surface area (Å²) in [6.07, 6.45) is 0.393. The van der Waals surface area contributed by atoms with Crippen LogP contribution in [0.15, 0.2) is 12.7 Å². The van der Waals surface area contributed by atoms with Crippen molar-refractivity contribution < 1.29 is 32.3 Å². The van der Waals surface area contributed by atoms with E-state index in [1.807, 2.05) is 4.72 Å². The van der Waals surface area contributed by atoms with Gasteiger partial charge in [0.05, 0.1) is 12.9 Å². The second-order valence-corrected chi connectivity index (χ2v) is 8.66. The lowest BCUT2D eigenvalue weighted by molar-refractivity contribution is -0.123. The van der Waals surface area contributed by atoms with Crippen LogP contribution in [0, 0.1) is 5.92 Å². The van der Waals surface area contributed by atoms with Crippen LogP contribution in [0.1, 0.15) is 31.9 Å². The first-order chi connectivity index (χ1) is 14.3. The molecule has 2 unspecified atom stereocenters. The molecule has 0 radical (unpaired) electrons. The Morgan fingerprint density at radius 1 is 1.27 bits per heavy atom. The highest BCUT2D eigenvalue weighted by Crippen LogP contribution is 2.32. The molecule has 1 amide bonds. The van der Waals surface area contributed by atoms with Crippen molar-refractivity contribution in [3.05, 3.63) is 12.7 Å². The minimum atomic E-state index is -4.39. The van der Waals surface area contributed by atoms with Gasteiger partial charge in [0.25, 0.3) is 0 Å². The van der Waals surface area contributed by atoms with Crippen LogP contribution in [-0.2, 0) is 24.0 Å². The van der Waals surface area contributed by atoms with Crippen molar-refractivity contribution in [2.24, 2.45) is 5.92 Å². The maximum Gasteiger partial charge on any atom is 0.362 e. The Morgan fingerprint density at radius 2 is 2.00 bits per heavy atom. The first-order valence-electron chi connectivity index (χ1n) is 9.42. The Morgan fingerprint density at radius 3 is 2.73 bits per heavy atom. The van der Waals surface area contributed by atoms with E-state index in [0.717, 1.165) is 12.8 Å². The minimum Gasteiger partial charge on any atom is -0.387 e. The maximum absolute atomic E-state index is 12.1. The zero-order chi connectivity index (χ0) is 21.5. The molecule has 4 atom stereocenters. The summed E-state index contributed by atoms with van der Waals surface area (Å²) in [6.45, 7) is -0.605. The van der Waals surface area contributed by atoms with E-state index in [2.05, 4.69) is 15.0 Å². The van der Waals surface area contributed by atoms with Crippen LogP contribution >= 0.6 is 0 Å². The van der Waals surface area contributed by atoms with Gasteiger partial charge in [0.1, 0.15) is 30.2 Å². The van der Waals surface area contributed by atoms with Crippen LogP contribution in [0.2, 0.25) is 0 Å². The molecule has 0 bridgehead atoms. The number of nitrogens with zero attached hydrogens (tertiary/aromatic N) is 4. The number of nitrogens with one attached hydrogen (secondary N) is 1. The summed E-state index contributed by atoms with van der Waals surface area (Å²) in [5.41, 5.74) is 6.30. The molecule has 5 N–H and O–H groups in total. The third kappa shape index (κ3) is 3.96. The number of nitrogen functional groups attached to an aromatic ring is 1. The second kappa shape index (κ2) is 8.03. The molecule has 13 nitrogen and oxygen atoms in total. The Kier molecular flexibility index (Phi) is 5.59. The standard InChI is InChI=1S/C16H22N6O7S/c17-13-10-14(19-6-18-13)22(7-20-10)16-12(24)11(23)9(29-16)5-28-30(26,27)21-15(25)8-3-1-2-4-8/h6-9,11-12,16,23-24H,1-5H2,(H,21,25)(H2,17,18,19)/t9?,11-,12-,16?/m1/s1. The highest BCUT2D eigenvalue weighted by molar-refractivity contribution is 7.85. The first kappa shape index (κ1) is 20.9. The number of aliphatic hydroxyl groups excluding tert-OH is 2. The smallest absolute Gasteiger partial charge is 0.362 e. The van der Waals surface area contributed by atoms with Crippen molar-refractivity contribution in [3.63, 3.8) is 0 Å². The molecule has 3 heterocycles. The first-order valence-corrected chi connectivity index (χ1v) is 10.8. The number of rotatable bonds is 6. The van der Waals surface area contributed by atoms with Gasteiger partial charge in [0.2, 0.25) is 5.91 Å². The van der Waals surface area contributed by atoms with Gasteiger partial charge in [0, 0.05) is 5.92 Å². The van der Waals surface area contributed by atoms with Crippen molar-refractivity contribution in [1.82, 2.24) is 24.2 Å². The van der Waals surface area contributed by atoms with E-state index < -0.39 is 47.4 Å². The molecule has 1 saturated carbocycles. The quantitative estimate of drug-likeness (QED) is 0.411. The maximum atomic E-state index is 12.1. The summed E-state index contributed by atoms with van der Waals surface area (Å²) < 4.78 is 37.8. The Balaban J connectivity index is 1.42. The summed E-state index contributed by atoms with van der Waals surface area (Å²) >= 11 is 0. The highest BCUT2D eigenvalue weighted by atomic mass is 32.2. The number of anilines is 1. The van der Waals surface area contributed by atoms with Gasteiger partial charge in [-0.1, -0.05) is 12.8 Å². The van der Waals surface area contributed by atoms with E-state index in [-0.39, 0.29) is 17.4 Å². The summed E-state index contributed by atoms with van der Waals surface area (Å²) in [4.78, 5) is 23.9. The number of carbonyl (C=O) groups excluding carboxylic acids is 1. The summed E-state index contributed by atoms with van der Waals surface area (Å²) in [6, 6.07) is 0. The van der Waals surface area contributed by atoms with Gasteiger partial charge in [-0.25, -0.2) is 19.7 Å². The summed E-state index contributed by atoms with van der Waals surface area (Å²) in [7, 11) is -4.39. The molecule has 0 spiro atoms. The average molecular weight is 442 g/mol. The number of carbonyl (C=O) groups is 1. The van der Waals surface area contributed by atoms with Crippen molar-refractivity contribution >= 4 is 33.2 Å². The molecule has 164 valence electrons. The fourth-order valence-corrected chi connectivity index (χ4v) is 4.52. The number of nitrogens with two attached hydrogens (primary N) is 1. The number of amides is 1. The normalized spacial score (nSPS) is 27.7. The van der Waals surface area contributed by atoms with E-state index in [1.165, 1.54) is 17.2 Å². The number of hydrogen-bond donors (Lipinski definition) is 4. The van der Waals surface area contributed by atoms with Gasteiger partial charge >= 0.3 is 10.3 Å². The van der Waals surface area contributed by atoms with Crippen LogP contribution in [0.4, 0.5) is 5.82 Å². The molecule has 30 heavy (non-hydrogen) atoms. The average Bonchev–Trinajstić information content (AvgIpc) is 3.42. The molecule has 2 aliphatic rings. The molecule has 4 rings (SSSR count). The molecule has 1 aliphatic heterocycles. The van der Waals surface area contributed by atoms with E-state index in [0.29, 0.717) is 18.4 Å². The van der Waals surface area contributed by atoms with Crippen LogP contribution in [0.5, 0.6) is 0 Å². The van der Waals surface area contributed by atoms with Gasteiger partial charge in [-0.05, 0) is 12.8 Å². The molecule has 14 heteroatoms. The zero-order valence-corrected chi connectivity index (χ0v) is 16.6. The van der Waals surface area contributed by atoms with E-state index in [9.17, 15) is 23.4 Å². The number of aromatic nitrogens is 4.